The second-order valence-corrected chi connectivity index (χ2v) is 5.94. The van der Waals surface area contributed by atoms with Gasteiger partial charge < -0.3 is 24.8 Å². The van der Waals surface area contributed by atoms with Gasteiger partial charge in [-0.15, -0.1) is 0 Å². The molecule has 0 radical (unpaired) electrons. The molecule has 2 aromatic carbocycles. The van der Waals surface area contributed by atoms with Crippen molar-refractivity contribution in [2.75, 3.05) is 32.0 Å². The number of ether oxygens (including phenoxy) is 3. The quantitative estimate of drug-likeness (QED) is 0.841. The van der Waals surface area contributed by atoms with Gasteiger partial charge in [0.25, 0.3) is 0 Å². The minimum absolute atomic E-state index is 0.0328. The summed E-state index contributed by atoms with van der Waals surface area (Å²) in [7, 11) is 4.42. The van der Waals surface area contributed by atoms with E-state index in [2.05, 4.69) is 10.6 Å². The number of carbonyl (C=O) groups is 2. The van der Waals surface area contributed by atoms with Crippen LogP contribution >= 0.6 is 0 Å². The van der Waals surface area contributed by atoms with Gasteiger partial charge in [-0.25, -0.2) is 4.39 Å². The van der Waals surface area contributed by atoms with Gasteiger partial charge in [0.05, 0.1) is 27.2 Å². The van der Waals surface area contributed by atoms with Crippen molar-refractivity contribution in [3.8, 4) is 17.2 Å². The number of carbonyl (C=O) groups excluding carboxylic acids is 2. The summed E-state index contributed by atoms with van der Waals surface area (Å²) in [5, 5.41) is 5.35. The molecule has 27 heavy (non-hydrogen) atoms. The molecule has 1 atom stereocenters. The van der Waals surface area contributed by atoms with E-state index in [1.165, 1.54) is 39.5 Å². The van der Waals surface area contributed by atoms with Crippen LogP contribution in [0.1, 0.15) is 17.9 Å². The van der Waals surface area contributed by atoms with Crippen molar-refractivity contribution in [1.29, 1.82) is 0 Å². The molecule has 0 saturated heterocycles. The van der Waals surface area contributed by atoms with Crippen molar-refractivity contribution in [2.45, 2.75) is 12.3 Å². The van der Waals surface area contributed by atoms with Crippen LogP contribution in [0.4, 0.5) is 15.8 Å². The molecule has 2 N–H and O–H groups in total. The third-order valence-corrected chi connectivity index (χ3v) is 4.30. The Hall–Kier alpha value is -3.29. The maximum Gasteiger partial charge on any atom is 0.232 e. The van der Waals surface area contributed by atoms with Gasteiger partial charge in [0.1, 0.15) is 5.82 Å². The topological polar surface area (TPSA) is 85.9 Å². The molecule has 3 rings (SSSR count). The van der Waals surface area contributed by atoms with Gasteiger partial charge in [0, 0.05) is 29.9 Å². The van der Waals surface area contributed by atoms with Gasteiger partial charge in [-0.05, 0) is 17.7 Å². The Balaban J connectivity index is 1.91. The number of hydrogen-bond acceptors (Lipinski definition) is 5. The van der Waals surface area contributed by atoms with E-state index >= 15 is 0 Å². The normalized spacial score (nSPS) is 15.4. The number of halogens is 1. The molecule has 2 aromatic rings. The fraction of sp³-hybridized carbons (Fsp3) is 0.263. The molecule has 0 aromatic heterocycles. The number of hydrogen-bond donors (Lipinski definition) is 2. The number of nitrogens with one attached hydrogen (secondary N) is 2. The van der Waals surface area contributed by atoms with E-state index in [1.807, 2.05) is 0 Å². The lowest BCUT2D eigenvalue weighted by atomic mass is 9.89. The lowest BCUT2D eigenvalue weighted by Gasteiger charge is -2.25. The van der Waals surface area contributed by atoms with Crippen molar-refractivity contribution < 1.29 is 28.2 Å². The van der Waals surface area contributed by atoms with Gasteiger partial charge in [0.15, 0.2) is 11.5 Å². The van der Waals surface area contributed by atoms with E-state index in [4.69, 9.17) is 14.2 Å². The van der Waals surface area contributed by atoms with E-state index in [0.29, 0.717) is 34.2 Å². The Morgan fingerprint density at radius 1 is 1.11 bits per heavy atom. The highest BCUT2D eigenvalue weighted by atomic mass is 19.1. The summed E-state index contributed by atoms with van der Waals surface area (Å²) in [6.45, 7) is 0. The van der Waals surface area contributed by atoms with Crippen LogP contribution in [0.5, 0.6) is 17.2 Å². The molecule has 0 unspecified atom stereocenters. The molecule has 142 valence electrons. The zero-order valence-corrected chi connectivity index (χ0v) is 15.1. The van der Waals surface area contributed by atoms with Crippen LogP contribution in [0.2, 0.25) is 0 Å². The minimum atomic E-state index is -0.742. The number of amides is 2. The van der Waals surface area contributed by atoms with E-state index in [9.17, 15) is 14.0 Å². The fourth-order valence-corrected chi connectivity index (χ4v) is 3.05. The number of rotatable bonds is 5. The average Bonchev–Trinajstić information content (AvgIpc) is 2.65. The van der Waals surface area contributed by atoms with Crippen LogP contribution < -0.4 is 24.8 Å². The number of methoxy groups -OCH3 is 3. The van der Waals surface area contributed by atoms with Crippen LogP contribution in [0.15, 0.2) is 30.3 Å². The molecule has 7 nitrogen and oxygen atoms in total. The first-order valence-electron chi connectivity index (χ1n) is 8.17. The summed E-state index contributed by atoms with van der Waals surface area (Å²) in [6, 6.07) is 7.15. The maximum atomic E-state index is 13.4. The SMILES string of the molecule is COc1cc(NC(=O)[C@H]2CC(=O)Nc3cc(F)ccc32)cc(OC)c1OC. The summed E-state index contributed by atoms with van der Waals surface area (Å²) in [5.74, 6) is -0.804. The zero-order valence-electron chi connectivity index (χ0n) is 15.1. The smallest absolute Gasteiger partial charge is 0.232 e. The van der Waals surface area contributed by atoms with Crippen LogP contribution in [0.3, 0.4) is 0 Å². The van der Waals surface area contributed by atoms with E-state index < -0.39 is 17.6 Å². The Kier molecular flexibility index (Phi) is 5.16. The number of benzene rings is 2. The predicted octanol–water partition coefficient (Wildman–Crippen LogP) is 2.92. The molecule has 0 fully saturated rings. The van der Waals surface area contributed by atoms with Crippen molar-refractivity contribution in [2.24, 2.45) is 0 Å². The zero-order chi connectivity index (χ0) is 19.6. The lowest BCUT2D eigenvalue weighted by molar-refractivity contribution is -0.123. The van der Waals surface area contributed by atoms with Gasteiger partial charge in [-0.2, -0.15) is 0 Å². The van der Waals surface area contributed by atoms with Crippen LogP contribution in [-0.2, 0) is 9.59 Å². The monoisotopic (exact) mass is 374 g/mol. The molecule has 0 spiro atoms. The van der Waals surface area contributed by atoms with E-state index in [-0.39, 0.29) is 12.3 Å². The summed E-state index contributed by atoms with van der Waals surface area (Å²) >= 11 is 0. The highest BCUT2D eigenvalue weighted by Gasteiger charge is 2.31. The summed E-state index contributed by atoms with van der Waals surface area (Å²) < 4.78 is 29.2. The molecule has 2 amide bonds. The van der Waals surface area contributed by atoms with Gasteiger partial charge in [0.2, 0.25) is 17.6 Å². The van der Waals surface area contributed by atoms with E-state index in [0.717, 1.165) is 0 Å². The van der Waals surface area contributed by atoms with Gasteiger partial charge >= 0.3 is 0 Å². The highest BCUT2D eigenvalue weighted by molar-refractivity contribution is 6.05. The average molecular weight is 374 g/mol. The molecular formula is C19H19FN2O5. The third kappa shape index (κ3) is 3.64. The Labute approximate surface area is 155 Å². The number of fused-ring (bicyclic) bond motifs is 1. The standard InChI is InChI=1S/C19H19FN2O5/c1-25-15-7-11(8-16(26-2)18(15)27-3)21-19(24)13-9-17(23)22-14-6-10(20)4-5-12(13)14/h4-8,13H,9H2,1-3H3,(H,21,24)(H,22,23)/t13-/m0/s1. The Morgan fingerprint density at radius 2 is 1.78 bits per heavy atom. The molecule has 8 heteroatoms. The highest BCUT2D eigenvalue weighted by Crippen LogP contribution is 2.40. The molecule has 0 bridgehead atoms. The number of anilines is 2. The fourth-order valence-electron chi connectivity index (χ4n) is 3.05. The van der Waals surface area contributed by atoms with Crippen molar-refractivity contribution in [3.63, 3.8) is 0 Å². The molecule has 0 aliphatic carbocycles. The van der Waals surface area contributed by atoms with Crippen LogP contribution in [0.25, 0.3) is 0 Å². The Bertz CT molecular complexity index is 875. The first-order valence-corrected chi connectivity index (χ1v) is 8.17. The second kappa shape index (κ2) is 7.53. The molecule has 1 aliphatic heterocycles. The first kappa shape index (κ1) is 18.5. The third-order valence-electron chi connectivity index (χ3n) is 4.30. The molecular weight excluding hydrogens is 355 g/mol. The molecule has 0 saturated carbocycles. The first-order chi connectivity index (χ1) is 13.0. The second-order valence-electron chi connectivity index (χ2n) is 5.94. The van der Waals surface area contributed by atoms with Crippen molar-refractivity contribution in [1.82, 2.24) is 0 Å². The lowest BCUT2D eigenvalue weighted by Crippen LogP contribution is -2.30. The molecule has 1 heterocycles. The summed E-state index contributed by atoms with van der Waals surface area (Å²) in [6.07, 6.45) is -0.0328. The molecule has 1 aliphatic rings. The van der Waals surface area contributed by atoms with Gasteiger partial charge in [-0.3, -0.25) is 9.59 Å². The largest absolute Gasteiger partial charge is 0.493 e. The minimum Gasteiger partial charge on any atom is -0.493 e. The van der Waals surface area contributed by atoms with Gasteiger partial charge in [-0.1, -0.05) is 6.07 Å². The van der Waals surface area contributed by atoms with Crippen molar-refractivity contribution in [3.05, 3.63) is 41.7 Å². The van der Waals surface area contributed by atoms with E-state index in [1.54, 1.807) is 12.1 Å². The van der Waals surface area contributed by atoms with Crippen LogP contribution in [-0.4, -0.2) is 33.1 Å². The maximum absolute atomic E-state index is 13.4. The summed E-state index contributed by atoms with van der Waals surface area (Å²) in [4.78, 5) is 24.7. The van der Waals surface area contributed by atoms with Crippen LogP contribution in [0, 0.1) is 5.82 Å². The summed E-state index contributed by atoms with van der Waals surface area (Å²) in [5.41, 5.74) is 1.28. The Morgan fingerprint density at radius 3 is 2.37 bits per heavy atom. The predicted molar refractivity (Wildman–Crippen MR) is 97.1 cm³/mol. The van der Waals surface area contributed by atoms with Crippen molar-refractivity contribution >= 4 is 23.2 Å².